The van der Waals surface area contributed by atoms with Crippen molar-refractivity contribution in [2.45, 2.75) is 52.2 Å². The number of aromatic nitrogens is 6. The first-order chi connectivity index (χ1) is 15.3. The molecule has 9 heteroatoms. The summed E-state index contributed by atoms with van der Waals surface area (Å²) in [6.45, 7) is 8.97. The lowest BCUT2D eigenvalue weighted by Gasteiger charge is -2.34. The van der Waals surface area contributed by atoms with E-state index in [9.17, 15) is 4.79 Å². The first-order valence-electron chi connectivity index (χ1n) is 10.9. The highest BCUT2D eigenvalue weighted by atomic mass is 16.6. The van der Waals surface area contributed by atoms with Crippen molar-refractivity contribution < 1.29 is 9.53 Å². The molecule has 166 valence electrons. The van der Waals surface area contributed by atoms with Crippen LogP contribution < -0.4 is 0 Å². The molecule has 0 saturated carbocycles. The first kappa shape index (κ1) is 20.4. The number of fused-ring (bicyclic) bond motifs is 2. The summed E-state index contributed by atoms with van der Waals surface area (Å²) in [4.78, 5) is 28.3. The molecule has 5 rings (SSSR count). The smallest absolute Gasteiger partial charge is 0.410 e. The number of hydrogen-bond donors (Lipinski definition) is 0. The van der Waals surface area contributed by atoms with E-state index >= 15 is 0 Å². The van der Waals surface area contributed by atoms with E-state index in [1.807, 2.05) is 37.5 Å². The zero-order chi connectivity index (χ0) is 22.5. The fraction of sp³-hybridized carbons (Fsp3) is 0.435. The molecule has 1 atom stereocenters. The van der Waals surface area contributed by atoms with Crippen molar-refractivity contribution in [1.82, 2.24) is 34.0 Å². The topological polar surface area (TPSA) is 90.4 Å². The van der Waals surface area contributed by atoms with Crippen LogP contribution in [0.1, 0.15) is 45.2 Å². The minimum Gasteiger partial charge on any atom is -0.444 e. The van der Waals surface area contributed by atoms with Crippen LogP contribution in [0, 0.1) is 6.92 Å². The summed E-state index contributed by atoms with van der Waals surface area (Å²) in [5.41, 5.74) is 3.97. The first-order valence-corrected chi connectivity index (χ1v) is 10.9. The number of pyridine rings is 1. The number of hydrogen-bond acceptors (Lipinski definition) is 6. The number of imidazole rings is 1. The predicted octanol–water partition coefficient (Wildman–Crippen LogP) is 4.02. The Balaban J connectivity index is 1.47. The van der Waals surface area contributed by atoms with Gasteiger partial charge in [-0.25, -0.2) is 24.3 Å². The van der Waals surface area contributed by atoms with Crippen LogP contribution in [0.25, 0.3) is 28.1 Å². The van der Waals surface area contributed by atoms with E-state index in [0.717, 1.165) is 40.6 Å². The second kappa shape index (κ2) is 7.58. The molecule has 0 spiro atoms. The van der Waals surface area contributed by atoms with E-state index < -0.39 is 5.60 Å². The third-order valence-electron chi connectivity index (χ3n) is 5.68. The average molecular weight is 434 g/mol. The molecule has 0 radical (unpaired) electrons. The van der Waals surface area contributed by atoms with Crippen molar-refractivity contribution in [2.24, 2.45) is 0 Å². The lowest BCUT2D eigenvalue weighted by molar-refractivity contribution is 0.0174. The highest BCUT2D eigenvalue weighted by molar-refractivity contribution is 5.79. The van der Waals surface area contributed by atoms with E-state index in [4.69, 9.17) is 9.72 Å². The lowest BCUT2D eigenvalue weighted by Crippen LogP contribution is -2.43. The Hall–Kier alpha value is -3.49. The SMILES string of the molecule is Cc1ccn2ncc(-c3ncc4ncn([C@H]5CCCN(C(=O)OC(C)(C)C)C5)c4n3)c2c1. The van der Waals surface area contributed by atoms with E-state index in [-0.39, 0.29) is 12.1 Å². The number of piperidine rings is 1. The number of ether oxygens (including phenoxy) is 1. The van der Waals surface area contributed by atoms with Crippen LogP contribution in [0.15, 0.2) is 37.1 Å². The Morgan fingerprint density at radius 1 is 1.22 bits per heavy atom. The summed E-state index contributed by atoms with van der Waals surface area (Å²) in [6, 6.07) is 4.17. The number of aryl methyl sites for hydroxylation is 1. The normalized spacial score (nSPS) is 17.2. The molecule has 1 aliphatic rings. The highest BCUT2D eigenvalue weighted by Crippen LogP contribution is 2.28. The largest absolute Gasteiger partial charge is 0.444 e. The minimum atomic E-state index is -0.513. The lowest BCUT2D eigenvalue weighted by atomic mass is 10.1. The van der Waals surface area contributed by atoms with Gasteiger partial charge in [0.1, 0.15) is 11.1 Å². The molecular formula is C23H27N7O2. The molecule has 5 heterocycles. The zero-order valence-electron chi connectivity index (χ0n) is 18.8. The van der Waals surface area contributed by atoms with Crippen molar-refractivity contribution in [3.8, 4) is 11.4 Å². The van der Waals surface area contributed by atoms with Gasteiger partial charge in [-0.2, -0.15) is 5.10 Å². The maximum atomic E-state index is 12.6. The fourth-order valence-corrected chi connectivity index (χ4v) is 4.16. The summed E-state index contributed by atoms with van der Waals surface area (Å²) in [7, 11) is 0. The molecule has 0 unspecified atom stereocenters. The van der Waals surface area contributed by atoms with Crippen LogP contribution in [0.4, 0.5) is 4.79 Å². The molecule has 1 fully saturated rings. The number of nitrogens with zero attached hydrogens (tertiary/aromatic N) is 7. The van der Waals surface area contributed by atoms with Gasteiger partial charge in [0, 0.05) is 19.3 Å². The van der Waals surface area contributed by atoms with E-state index in [1.165, 1.54) is 0 Å². The minimum absolute atomic E-state index is 0.0789. The van der Waals surface area contributed by atoms with Gasteiger partial charge in [0.05, 0.1) is 35.8 Å². The number of carbonyl (C=O) groups excluding carboxylic acids is 1. The maximum Gasteiger partial charge on any atom is 0.410 e. The van der Waals surface area contributed by atoms with Crippen LogP contribution in [0.2, 0.25) is 0 Å². The highest BCUT2D eigenvalue weighted by Gasteiger charge is 2.29. The molecule has 32 heavy (non-hydrogen) atoms. The predicted molar refractivity (Wildman–Crippen MR) is 120 cm³/mol. The molecule has 0 N–H and O–H groups in total. The second-order valence-corrected chi connectivity index (χ2v) is 9.37. The number of amides is 1. The van der Waals surface area contributed by atoms with Gasteiger partial charge < -0.3 is 14.2 Å². The van der Waals surface area contributed by atoms with Gasteiger partial charge in [0.15, 0.2) is 11.5 Å². The van der Waals surface area contributed by atoms with Crippen LogP contribution in [0.5, 0.6) is 0 Å². The Morgan fingerprint density at radius 2 is 2.06 bits per heavy atom. The maximum absolute atomic E-state index is 12.6. The molecular weight excluding hydrogens is 406 g/mol. The van der Waals surface area contributed by atoms with Crippen molar-refractivity contribution in [2.75, 3.05) is 13.1 Å². The molecule has 4 aromatic rings. The van der Waals surface area contributed by atoms with E-state index in [2.05, 4.69) is 32.6 Å². The van der Waals surface area contributed by atoms with Crippen molar-refractivity contribution in [1.29, 1.82) is 0 Å². The van der Waals surface area contributed by atoms with E-state index in [0.29, 0.717) is 18.9 Å². The number of carbonyl (C=O) groups is 1. The third kappa shape index (κ3) is 3.79. The standard InChI is InChI=1S/C23H27N7O2/c1-15-7-9-30-19(10-15)17(11-26-30)20-24-12-18-21(27-20)29(14-25-18)16-6-5-8-28(13-16)22(31)32-23(2,3)4/h7,9-12,14,16H,5-6,8,13H2,1-4H3/t16-/m0/s1. The summed E-state index contributed by atoms with van der Waals surface area (Å²) in [5, 5.41) is 4.43. The summed E-state index contributed by atoms with van der Waals surface area (Å²) < 4.78 is 9.47. The Labute approximate surface area is 186 Å². The van der Waals surface area contributed by atoms with Gasteiger partial charge in [0.2, 0.25) is 0 Å². The van der Waals surface area contributed by atoms with Gasteiger partial charge in [0.25, 0.3) is 0 Å². The molecule has 0 aromatic carbocycles. The summed E-state index contributed by atoms with van der Waals surface area (Å²) >= 11 is 0. The molecule has 4 aromatic heterocycles. The van der Waals surface area contributed by atoms with Gasteiger partial charge in [-0.1, -0.05) is 0 Å². The molecule has 1 saturated heterocycles. The average Bonchev–Trinajstić information content (AvgIpc) is 3.36. The fourth-order valence-electron chi connectivity index (χ4n) is 4.16. The van der Waals surface area contributed by atoms with Gasteiger partial charge >= 0.3 is 6.09 Å². The van der Waals surface area contributed by atoms with Crippen molar-refractivity contribution in [3.63, 3.8) is 0 Å². The summed E-state index contributed by atoms with van der Waals surface area (Å²) in [6.07, 6.45) is 8.85. The van der Waals surface area contributed by atoms with Crippen molar-refractivity contribution in [3.05, 3.63) is 42.6 Å². The van der Waals surface area contributed by atoms with Crippen molar-refractivity contribution >= 4 is 22.8 Å². The van der Waals surface area contributed by atoms with Crippen LogP contribution in [-0.2, 0) is 4.74 Å². The van der Waals surface area contributed by atoms with Crippen LogP contribution in [0.3, 0.4) is 0 Å². The quantitative estimate of drug-likeness (QED) is 0.474. The van der Waals surface area contributed by atoms with Crippen LogP contribution >= 0.6 is 0 Å². The Kier molecular flexibility index (Phi) is 4.83. The zero-order valence-corrected chi connectivity index (χ0v) is 18.8. The molecule has 0 aliphatic carbocycles. The molecule has 9 nitrogen and oxygen atoms in total. The number of likely N-dealkylation sites (tertiary alicyclic amines) is 1. The Morgan fingerprint density at radius 3 is 2.88 bits per heavy atom. The molecule has 1 amide bonds. The molecule has 1 aliphatic heterocycles. The van der Waals surface area contributed by atoms with E-state index in [1.54, 1.807) is 23.6 Å². The van der Waals surface area contributed by atoms with Gasteiger partial charge in [-0.3, -0.25) is 0 Å². The number of rotatable bonds is 2. The summed E-state index contributed by atoms with van der Waals surface area (Å²) in [5.74, 6) is 0.611. The van der Waals surface area contributed by atoms with Gasteiger partial charge in [-0.05, 0) is 58.2 Å². The molecule has 0 bridgehead atoms. The third-order valence-corrected chi connectivity index (χ3v) is 5.68. The van der Waals surface area contributed by atoms with Gasteiger partial charge in [-0.15, -0.1) is 0 Å². The van der Waals surface area contributed by atoms with Crippen LogP contribution in [-0.4, -0.2) is 58.8 Å². The second-order valence-electron chi connectivity index (χ2n) is 9.37. The monoisotopic (exact) mass is 433 g/mol. The Bertz CT molecular complexity index is 1300.